The molecule has 0 unspecified atom stereocenters. The summed E-state index contributed by atoms with van der Waals surface area (Å²) in [6, 6.07) is 17.8. The van der Waals surface area contributed by atoms with Crippen molar-refractivity contribution in [1.29, 1.82) is 0 Å². The molecule has 18 heavy (non-hydrogen) atoms. The van der Waals surface area contributed by atoms with Crippen LogP contribution in [0.3, 0.4) is 0 Å². The first-order chi connectivity index (χ1) is 8.79. The average Bonchev–Trinajstić information content (AvgIpc) is 2.41. The lowest BCUT2D eigenvalue weighted by molar-refractivity contribution is 0.717. The van der Waals surface area contributed by atoms with Crippen LogP contribution < -0.4 is 0 Å². The largest absolute Gasteiger partial charge is 0.0654 e. The predicted molar refractivity (Wildman–Crippen MR) is 79.8 cm³/mol. The molecule has 0 heterocycles. The summed E-state index contributed by atoms with van der Waals surface area (Å²) in [4.78, 5) is 0. The molecule has 0 aromatic heterocycles. The van der Waals surface area contributed by atoms with Gasteiger partial charge in [0.2, 0.25) is 0 Å². The van der Waals surface area contributed by atoms with Gasteiger partial charge in [-0.15, -0.1) is 0 Å². The van der Waals surface area contributed by atoms with Crippen molar-refractivity contribution in [3.05, 3.63) is 59.7 Å². The third-order valence-corrected chi connectivity index (χ3v) is 3.41. The Morgan fingerprint density at radius 2 is 1.28 bits per heavy atom. The first-order valence-electron chi connectivity index (χ1n) is 6.95. The van der Waals surface area contributed by atoms with Crippen LogP contribution in [0.1, 0.15) is 37.3 Å². The zero-order chi connectivity index (χ0) is 12.8. The molecule has 0 aliphatic heterocycles. The smallest absolute Gasteiger partial charge is 0.0184 e. The van der Waals surface area contributed by atoms with Gasteiger partial charge in [0.15, 0.2) is 0 Å². The summed E-state index contributed by atoms with van der Waals surface area (Å²) in [5.41, 5.74) is 5.39. The van der Waals surface area contributed by atoms with E-state index in [2.05, 4.69) is 62.4 Å². The van der Waals surface area contributed by atoms with E-state index in [1.54, 1.807) is 0 Å². The number of benzene rings is 2. The van der Waals surface area contributed by atoms with E-state index in [1.165, 1.54) is 47.9 Å². The van der Waals surface area contributed by atoms with Crippen molar-refractivity contribution in [1.82, 2.24) is 0 Å². The lowest BCUT2D eigenvalue weighted by atomic mass is 10.0. The van der Waals surface area contributed by atoms with Gasteiger partial charge >= 0.3 is 0 Å². The maximum Gasteiger partial charge on any atom is -0.0184 e. The minimum Gasteiger partial charge on any atom is -0.0654 e. The van der Waals surface area contributed by atoms with Crippen LogP contribution in [0.15, 0.2) is 48.5 Å². The lowest BCUT2D eigenvalue weighted by Gasteiger charge is -2.05. The lowest BCUT2D eigenvalue weighted by Crippen LogP contribution is -1.86. The van der Waals surface area contributed by atoms with Crippen LogP contribution in [0, 0.1) is 6.92 Å². The van der Waals surface area contributed by atoms with E-state index in [1.807, 2.05) is 0 Å². The Hall–Kier alpha value is -1.56. The van der Waals surface area contributed by atoms with Gasteiger partial charge in [0.25, 0.3) is 0 Å². The standard InChI is InChI=1S/C18H22/c1-3-4-5-6-16-9-13-18(14-10-16)17-11-7-15(2)8-12-17/h7-14H,3-6H2,1-2H3. The molecule has 0 N–H and O–H groups in total. The maximum atomic E-state index is 2.27. The van der Waals surface area contributed by atoms with Gasteiger partial charge < -0.3 is 0 Å². The Labute approximate surface area is 111 Å². The molecule has 0 nitrogen and oxygen atoms in total. The van der Waals surface area contributed by atoms with Crippen molar-refractivity contribution >= 4 is 0 Å². The first-order valence-corrected chi connectivity index (χ1v) is 6.95. The van der Waals surface area contributed by atoms with Crippen LogP contribution in [-0.4, -0.2) is 0 Å². The topological polar surface area (TPSA) is 0 Å². The van der Waals surface area contributed by atoms with Crippen molar-refractivity contribution in [3.8, 4) is 11.1 Å². The van der Waals surface area contributed by atoms with Crippen LogP contribution in [0.5, 0.6) is 0 Å². The Kier molecular flexibility index (Phi) is 4.58. The number of hydrogen-bond acceptors (Lipinski definition) is 0. The molecule has 0 atom stereocenters. The summed E-state index contributed by atoms with van der Waals surface area (Å²) in [6.45, 7) is 4.38. The van der Waals surface area contributed by atoms with Crippen LogP contribution >= 0.6 is 0 Å². The van der Waals surface area contributed by atoms with Crippen LogP contribution in [0.25, 0.3) is 11.1 Å². The number of hydrogen-bond donors (Lipinski definition) is 0. The van der Waals surface area contributed by atoms with Crippen molar-refractivity contribution in [2.24, 2.45) is 0 Å². The van der Waals surface area contributed by atoms with Gasteiger partial charge in [-0.1, -0.05) is 73.9 Å². The molecule has 0 heteroatoms. The first kappa shape index (κ1) is 12.9. The summed E-state index contributed by atoms with van der Waals surface area (Å²) in [5, 5.41) is 0. The quantitative estimate of drug-likeness (QED) is 0.612. The van der Waals surface area contributed by atoms with Crippen LogP contribution in [0.2, 0.25) is 0 Å². The Morgan fingerprint density at radius 1 is 0.722 bits per heavy atom. The molecular formula is C18H22. The number of aryl methyl sites for hydroxylation is 2. The highest BCUT2D eigenvalue weighted by molar-refractivity contribution is 5.63. The second kappa shape index (κ2) is 6.39. The third-order valence-electron chi connectivity index (χ3n) is 3.41. The zero-order valence-corrected chi connectivity index (χ0v) is 11.4. The normalized spacial score (nSPS) is 10.6. The molecule has 2 aromatic carbocycles. The summed E-state index contributed by atoms with van der Waals surface area (Å²) in [5.74, 6) is 0. The van der Waals surface area contributed by atoms with E-state index >= 15 is 0 Å². The van der Waals surface area contributed by atoms with Crippen molar-refractivity contribution < 1.29 is 0 Å². The number of rotatable bonds is 5. The van der Waals surface area contributed by atoms with Gasteiger partial charge in [-0.05, 0) is 36.5 Å². The highest BCUT2D eigenvalue weighted by Gasteiger charge is 1.98. The van der Waals surface area contributed by atoms with Gasteiger partial charge in [0.1, 0.15) is 0 Å². The average molecular weight is 238 g/mol. The van der Waals surface area contributed by atoms with Crippen molar-refractivity contribution in [2.45, 2.75) is 39.5 Å². The molecule has 0 bridgehead atoms. The maximum absolute atomic E-state index is 2.27. The molecule has 0 aliphatic carbocycles. The van der Waals surface area contributed by atoms with Crippen LogP contribution in [0.4, 0.5) is 0 Å². The Morgan fingerprint density at radius 3 is 1.83 bits per heavy atom. The molecular weight excluding hydrogens is 216 g/mol. The van der Waals surface area contributed by atoms with E-state index in [4.69, 9.17) is 0 Å². The molecule has 2 aromatic rings. The SMILES string of the molecule is CCCCCc1ccc(-c2ccc(C)cc2)cc1. The summed E-state index contributed by atoms with van der Waals surface area (Å²) in [7, 11) is 0. The van der Waals surface area contributed by atoms with E-state index in [9.17, 15) is 0 Å². The molecule has 0 saturated carbocycles. The zero-order valence-electron chi connectivity index (χ0n) is 11.4. The summed E-state index contributed by atoms with van der Waals surface area (Å²) in [6.07, 6.45) is 5.14. The van der Waals surface area contributed by atoms with E-state index in [0.29, 0.717) is 0 Å². The van der Waals surface area contributed by atoms with Crippen molar-refractivity contribution in [2.75, 3.05) is 0 Å². The summed E-state index contributed by atoms with van der Waals surface area (Å²) < 4.78 is 0. The van der Waals surface area contributed by atoms with E-state index in [0.717, 1.165) is 0 Å². The highest BCUT2D eigenvalue weighted by atomic mass is 14.0. The number of unbranched alkanes of at least 4 members (excludes halogenated alkanes) is 2. The van der Waals surface area contributed by atoms with Crippen molar-refractivity contribution in [3.63, 3.8) is 0 Å². The van der Waals surface area contributed by atoms with Gasteiger partial charge in [-0.2, -0.15) is 0 Å². The fourth-order valence-corrected chi connectivity index (χ4v) is 2.19. The fourth-order valence-electron chi connectivity index (χ4n) is 2.19. The highest BCUT2D eigenvalue weighted by Crippen LogP contribution is 2.20. The second-order valence-corrected chi connectivity index (χ2v) is 5.02. The van der Waals surface area contributed by atoms with Gasteiger partial charge in [0, 0.05) is 0 Å². The fraction of sp³-hybridized carbons (Fsp3) is 0.333. The van der Waals surface area contributed by atoms with Gasteiger partial charge in [0.05, 0.1) is 0 Å². The minimum absolute atomic E-state index is 1.21. The van der Waals surface area contributed by atoms with Gasteiger partial charge in [-0.25, -0.2) is 0 Å². The third kappa shape index (κ3) is 3.46. The molecule has 0 radical (unpaired) electrons. The molecule has 0 spiro atoms. The minimum atomic E-state index is 1.21. The predicted octanol–water partition coefficient (Wildman–Crippen LogP) is 5.39. The van der Waals surface area contributed by atoms with E-state index < -0.39 is 0 Å². The molecule has 94 valence electrons. The molecule has 0 saturated heterocycles. The Bertz CT molecular complexity index is 462. The molecule has 0 amide bonds. The molecule has 2 rings (SSSR count). The monoisotopic (exact) mass is 238 g/mol. The van der Waals surface area contributed by atoms with Crippen LogP contribution in [-0.2, 0) is 6.42 Å². The van der Waals surface area contributed by atoms with E-state index in [-0.39, 0.29) is 0 Å². The second-order valence-electron chi connectivity index (χ2n) is 5.02. The van der Waals surface area contributed by atoms with Gasteiger partial charge in [-0.3, -0.25) is 0 Å². The summed E-state index contributed by atoms with van der Waals surface area (Å²) >= 11 is 0. The Balaban J connectivity index is 2.05. The molecule has 0 fully saturated rings. The molecule has 0 aliphatic rings.